The highest BCUT2D eigenvalue weighted by Gasteiger charge is 2.19. The summed E-state index contributed by atoms with van der Waals surface area (Å²) in [5.74, 6) is 0. The van der Waals surface area contributed by atoms with Gasteiger partial charge in [0.25, 0.3) is 0 Å². The summed E-state index contributed by atoms with van der Waals surface area (Å²) in [6.07, 6.45) is 4.03. The minimum Gasteiger partial charge on any atom is -0.322 e. The standard InChI is InChI=1S/C12H21N3S/c1-9-5-3-4-6-15(9)7-11-8-16-12(14-11)10(2)13/h8-10H,3-7,13H2,1-2H3. The van der Waals surface area contributed by atoms with Crippen LogP contribution in [0.1, 0.15) is 49.9 Å². The molecule has 1 aliphatic rings. The molecule has 2 rings (SSSR count). The van der Waals surface area contributed by atoms with Gasteiger partial charge >= 0.3 is 0 Å². The molecule has 16 heavy (non-hydrogen) atoms. The first kappa shape index (κ1) is 12.0. The van der Waals surface area contributed by atoms with Crippen LogP contribution < -0.4 is 5.73 Å². The number of piperidine rings is 1. The Balaban J connectivity index is 1.97. The average molecular weight is 239 g/mol. The van der Waals surface area contributed by atoms with Gasteiger partial charge in [-0.05, 0) is 33.2 Å². The zero-order chi connectivity index (χ0) is 11.5. The molecule has 1 aliphatic heterocycles. The summed E-state index contributed by atoms with van der Waals surface area (Å²) in [5.41, 5.74) is 7.01. The fourth-order valence-corrected chi connectivity index (χ4v) is 2.97. The number of aromatic nitrogens is 1. The van der Waals surface area contributed by atoms with E-state index >= 15 is 0 Å². The van der Waals surface area contributed by atoms with Crippen LogP contribution in [0.25, 0.3) is 0 Å². The molecule has 3 nitrogen and oxygen atoms in total. The van der Waals surface area contributed by atoms with Gasteiger partial charge in [-0.3, -0.25) is 4.90 Å². The lowest BCUT2D eigenvalue weighted by Gasteiger charge is -2.32. The fourth-order valence-electron chi connectivity index (χ4n) is 2.20. The topological polar surface area (TPSA) is 42.1 Å². The summed E-state index contributed by atoms with van der Waals surface area (Å²) in [6.45, 7) is 6.51. The molecule has 0 radical (unpaired) electrons. The molecular weight excluding hydrogens is 218 g/mol. The van der Waals surface area contributed by atoms with Crippen LogP contribution in [0.5, 0.6) is 0 Å². The van der Waals surface area contributed by atoms with Crippen molar-refractivity contribution < 1.29 is 0 Å². The fraction of sp³-hybridized carbons (Fsp3) is 0.750. The molecule has 90 valence electrons. The van der Waals surface area contributed by atoms with Gasteiger partial charge in [0.2, 0.25) is 0 Å². The molecular formula is C12H21N3S. The van der Waals surface area contributed by atoms with Crippen LogP contribution in [0.3, 0.4) is 0 Å². The van der Waals surface area contributed by atoms with Gasteiger partial charge in [-0.15, -0.1) is 11.3 Å². The molecule has 4 heteroatoms. The molecule has 1 fully saturated rings. The van der Waals surface area contributed by atoms with E-state index in [-0.39, 0.29) is 6.04 Å². The SMILES string of the molecule is CC(N)c1nc(CN2CCCCC2C)cs1. The third-order valence-electron chi connectivity index (χ3n) is 3.26. The number of nitrogens with zero attached hydrogens (tertiary/aromatic N) is 2. The number of hydrogen-bond acceptors (Lipinski definition) is 4. The molecule has 0 amide bonds. The van der Waals surface area contributed by atoms with Gasteiger partial charge in [-0.25, -0.2) is 4.98 Å². The molecule has 2 unspecified atom stereocenters. The van der Waals surface area contributed by atoms with Crippen molar-refractivity contribution in [2.24, 2.45) is 5.73 Å². The Morgan fingerprint density at radius 1 is 1.62 bits per heavy atom. The van der Waals surface area contributed by atoms with E-state index in [0.717, 1.165) is 11.6 Å². The molecule has 0 bridgehead atoms. The highest BCUT2D eigenvalue weighted by Crippen LogP contribution is 2.21. The normalized spacial score (nSPS) is 24.6. The first-order chi connectivity index (χ1) is 7.66. The number of hydrogen-bond donors (Lipinski definition) is 1. The average Bonchev–Trinajstić information content (AvgIpc) is 2.70. The molecule has 2 atom stereocenters. The van der Waals surface area contributed by atoms with Gasteiger partial charge in [0.05, 0.1) is 11.7 Å². The minimum atomic E-state index is 0.0672. The molecule has 0 spiro atoms. The summed E-state index contributed by atoms with van der Waals surface area (Å²) in [5, 5.41) is 3.21. The van der Waals surface area contributed by atoms with Gasteiger partial charge in [0, 0.05) is 18.0 Å². The Bertz CT molecular complexity index is 335. The van der Waals surface area contributed by atoms with Crippen molar-refractivity contribution in [3.8, 4) is 0 Å². The first-order valence-electron chi connectivity index (χ1n) is 6.10. The van der Waals surface area contributed by atoms with Crippen molar-refractivity contribution in [2.75, 3.05) is 6.54 Å². The van der Waals surface area contributed by atoms with Crippen LogP contribution in [0, 0.1) is 0 Å². The maximum absolute atomic E-state index is 5.82. The Labute approximate surface area is 102 Å². The molecule has 0 saturated carbocycles. The largest absolute Gasteiger partial charge is 0.322 e. The second kappa shape index (κ2) is 5.25. The smallest absolute Gasteiger partial charge is 0.109 e. The van der Waals surface area contributed by atoms with Crippen molar-refractivity contribution in [2.45, 2.75) is 51.7 Å². The van der Waals surface area contributed by atoms with Crippen LogP contribution in [0.4, 0.5) is 0 Å². The van der Waals surface area contributed by atoms with E-state index < -0.39 is 0 Å². The molecule has 1 aromatic rings. The molecule has 1 aromatic heterocycles. The van der Waals surface area contributed by atoms with Crippen molar-refractivity contribution in [1.82, 2.24) is 9.88 Å². The van der Waals surface area contributed by atoms with Gasteiger partial charge < -0.3 is 5.73 Å². The van der Waals surface area contributed by atoms with Crippen LogP contribution in [-0.4, -0.2) is 22.5 Å². The van der Waals surface area contributed by atoms with Crippen LogP contribution >= 0.6 is 11.3 Å². The van der Waals surface area contributed by atoms with E-state index in [0.29, 0.717) is 6.04 Å². The highest BCUT2D eigenvalue weighted by molar-refractivity contribution is 7.09. The Hall–Kier alpha value is -0.450. The summed E-state index contributed by atoms with van der Waals surface area (Å²) in [4.78, 5) is 7.12. The van der Waals surface area contributed by atoms with Crippen molar-refractivity contribution in [1.29, 1.82) is 0 Å². The van der Waals surface area contributed by atoms with E-state index in [9.17, 15) is 0 Å². The maximum atomic E-state index is 5.82. The zero-order valence-electron chi connectivity index (χ0n) is 10.1. The van der Waals surface area contributed by atoms with Crippen LogP contribution in [-0.2, 0) is 6.54 Å². The summed E-state index contributed by atoms with van der Waals surface area (Å²) in [6, 6.07) is 0.770. The summed E-state index contributed by atoms with van der Waals surface area (Å²) in [7, 11) is 0. The minimum absolute atomic E-state index is 0.0672. The number of likely N-dealkylation sites (tertiary alicyclic amines) is 1. The highest BCUT2D eigenvalue weighted by atomic mass is 32.1. The molecule has 2 N–H and O–H groups in total. The lowest BCUT2D eigenvalue weighted by molar-refractivity contribution is 0.151. The summed E-state index contributed by atoms with van der Waals surface area (Å²) >= 11 is 1.68. The van der Waals surface area contributed by atoms with E-state index in [4.69, 9.17) is 5.73 Å². The predicted octanol–water partition coefficient (Wildman–Crippen LogP) is 2.54. The number of thiazole rings is 1. The Kier molecular flexibility index (Phi) is 3.95. The lowest BCUT2D eigenvalue weighted by Crippen LogP contribution is -2.36. The summed E-state index contributed by atoms with van der Waals surface area (Å²) < 4.78 is 0. The quantitative estimate of drug-likeness (QED) is 0.881. The van der Waals surface area contributed by atoms with Crippen molar-refractivity contribution in [3.05, 3.63) is 16.1 Å². The predicted molar refractivity (Wildman–Crippen MR) is 68.4 cm³/mol. The Morgan fingerprint density at radius 2 is 2.44 bits per heavy atom. The van der Waals surface area contributed by atoms with E-state index in [1.54, 1.807) is 11.3 Å². The first-order valence-corrected chi connectivity index (χ1v) is 6.98. The van der Waals surface area contributed by atoms with E-state index in [1.807, 2.05) is 6.92 Å². The number of nitrogens with two attached hydrogens (primary N) is 1. The van der Waals surface area contributed by atoms with Gasteiger partial charge in [0.15, 0.2) is 0 Å². The van der Waals surface area contributed by atoms with Gasteiger partial charge in [0.1, 0.15) is 5.01 Å². The van der Waals surface area contributed by atoms with E-state index in [1.165, 1.54) is 31.5 Å². The van der Waals surface area contributed by atoms with Crippen molar-refractivity contribution >= 4 is 11.3 Å². The molecule has 0 aliphatic carbocycles. The third-order valence-corrected chi connectivity index (χ3v) is 4.36. The molecule has 0 aromatic carbocycles. The van der Waals surface area contributed by atoms with Crippen LogP contribution in [0.15, 0.2) is 5.38 Å². The zero-order valence-corrected chi connectivity index (χ0v) is 11.0. The molecule has 1 saturated heterocycles. The Morgan fingerprint density at radius 3 is 3.06 bits per heavy atom. The van der Waals surface area contributed by atoms with Crippen LogP contribution in [0.2, 0.25) is 0 Å². The lowest BCUT2D eigenvalue weighted by atomic mass is 10.0. The molecule has 2 heterocycles. The van der Waals surface area contributed by atoms with Gasteiger partial charge in [-0.1, -0.05) is 6.42 Å². The maximum Gasteiger partial charge on any atom is 0.109 e. The third kappa shape index (κ3) is 2.81. The second-order valence-corrected chi connectivity index (χ2v) is 5.67. The van der Waals surface area contributed by atoms with E-state index in [2.05, 4.69) is 22.2 Å². The van der Waals surface area contributed by atoms with Gasteiger partial charge in [-0.2, -0.15) is 0 Å². The second-order valence-electron chi connectivity index (χ2n) is 4.78. The number of rotatable bonds is 3. The van der Waals surface area contributed by atoms with Crippen molar-refractivity contribution in [3.63, 3.8) is 0 Å². The monoisotopic (exact) mass is 239 g/mol.